The fourth-order valence-corrected chi connectivity index (χ4v) is 5.08. The molecule has 1 saturated heterocycles. The summed E-state index contributed by atoms with van der Waals surface area (Å²) >= 11 is 1.46. The average Bonchev–Trinajstić information content (AvgIpc) is 3.42. The van der Waals surface area contributed by atoms with E-state index in [2.05, 4.69) is 0 Å². The van der Waals surface area contributed by atoms with Crippen LogP contribution in [0.2, 0.25) is 0 Å². The summed E-state index contributed by atoms with van der Waals surface area (Å²) in [7, 11) is 0. The van der Waals surface area contributed by atoms with Gasteiger partial charge < -0.3 is 5.11 Å². The number of thiophene rings is 1. The molecule has 4 aromatic rings. The van der Waals surface area contributed by atoms with Gasteiger partial charge in [0, 0.05) is 15.8 Å². The predicted octanol–water partition coefficient (Wildman–Crippen LogP) is 6.14. The van der Waals surface area contributed by atoms with Crippen LogP contribution in [0.5, 0.6) is 0 Å². The van der Waals surface area contributed by atoms with Crippen LogP contribution in [0, 0.1) is 13.8 Å². The summed E-state index contributed by atoms with van der Waals surface area (Å²) in [5.74, 6) is -1.45. The predicted molar refractivity (Wildman–Crippen MR) is 129 cm³/mol. The molecule has 0 radical (unpaired) electrons. The molecule has 1 atom stereocenters. The van der Waals surface area contributed by atoms with E-state index in [0.717, 1.165) is 26.8 Å². The number of aryl methyl sites for hydroxylation is 2. The lowest BCUT2D eigenvalue weighted by molar-refractivity contribution is -0.132. The molecule has 32 heavy (non-hydrogen) atoms. The van der Waals surface area contributed by atoms with Gasteiger partial charge in [0.2, 0.25) is 0 Å². The van der Waals surface area contributed by atoms with E-state index in [1.807, 2.05) is 86.0 Å². The van der Waals surface area contributed by atoms with Crippen molar-refractivity contribution in [1.82, 2.24) is 0 Å². The number of carbonyl (C=O) groups is 2. The molecule has 3 aromatic carbocycles. The van der Waals surface area contributed by atoms with Gasteiger partial charge in [0.25, 0.3) is 11.7 Å². The molecule has 0 bridgehead atoms. The lowest BCUT2D eigenvalue weighted by Crippen LogP contribution is -2.29. The molecule has 1 aliphatic heterocycles. The number of Topliss-reactive ketones (excluding diaryl/α,β-unsaturated/α-hetero) is 1. The van der Waals surface area contributed by atoms with E-state index in [9.17, 15) is 14.7 Å². The summed E-state index contributed by atoms with van der Waals surface area (Å²) in [6, 6.07) is 22.1. The van der Waals surface area contributed by atoms with Crippen LogP contribution in [-0.4, -0.2) is 16.8 Å². The number of aliphatic hydroxyl groups excluding tert-OH is 1. The van der Waals surface area contributed by atoms with Crippen molar-refractivity contribution in [3.63, 3.8) is 0 Å². The number of fused-ring (bicyclic) bond motifs is 1. The van der Waals surface area contributed by atoms with Crippen molar-refractivity contribution in [2.45, 2.75) is 19.9 Å². The highest BCUT2D eigenvalue weighted by Crippen LogP contribution is 2.45. The molecule has 2 heterocycles. The zero-order valence-corrected chi connectivity index (χ0v) is 18.5. The number of benzene rings is 3. The molecule has 1 N–H and O–H groups in total. The van der Waals surface area contributed by atoms with E-state index in [1.165, 1.54) is 16.2 Å². The Morgan fingerprint density at radius 3 is 2.44 bits per heavy atom. The Kier molecular flexibility index (Phi) is 4.91. The number of ketones is 1. The zero-order chi connectivity index (χ0) is 22.4. The van der Waals surface area contributed by atoms with E-state index in [1.54, 1.807) is 6.07 Å². The van der Waals surface area contributed by atoms with Crippen molar-refractivity contribution < 1.29 is 14.7 Å². The Morgan fingerprint density at radius 2 is 1.69 bits per heavy atom. The molecule has 1 unspecified atom stereocenters. The molecule has 1 fully saturated rings. The fraction of sp³-hybridized carbons (Fsp3) is 0.111. The minimum absolute atomic E-state index is 0.119. The third-order valence-corrected chi connectivity index (χ3v) is 6.99. The van der Waals surface area contributed by atoms with Crippen molar-refractivity contribution in [2.75, 3.05) is 4.90 Å². The number of rotatable bonds is 3. The molecule has 5 rings (SSSR count). The number of hydrogen-bond acceptors (Lipinski definition) is 4. The van der Waals surface area contributed by atoms with Crippen LogP contribution in [0.25, 0.3) is 16.5 Å². The number of carbonyl (C=O) groups excluding carboxylic acids is 2. The van der Waals surface area contributed by atoms with E-state index in [4.69, 9.17) is 0 Å². The molecular weight excluding hydrogens is 418 g/mol. The van der Waals surface area contributed by atoms with Crippen LogP contribution in [0.4, 0.5) is 5.69 Å². The Labute approximate surface area is 190 Å². The highest BCUT2D eigenvalue weighted by Gasteiger charge is 2.47. The first-order chi connectivity index (χ1) is 15.5. The maximum Gasteiger partial charge on any atom is 0.300 e. The minimum Gasteiger partial charge on any atom is -0.507 e. The van der Waals surface area contributed by atoms with Gasteiger partial charge in [-0.25, -0.2) is 0 Å². The average molecular weight is 440 g/mol. The second-order valence-electron chi connectivity index (χ2n) is 7.98. The normalized spacial score (nSPS) is 17.9. The monoisotopic (exact) mass is 439 g/mol. The Morgan fingerprint density at radius 1 is 0.906 bits per heavy atom. The topological polar surface area (TPSA) is 57.6 Å². The molecule has 4 nitrogen and oxygen atoms in total. The van der Waals surface area contributed by atoms with Gasteiger partial charge in [-0.3, -0.25) is 14.5 Å². The van der Waals surface area contributed by atoms with E-state index < -0.39 is 17.7 Å². The van der Waals surface area contributed by atoms with Crippen LogP contribution < -0.4 is 4.90 Å². The summed E-state index contributed by atoms with van der Waals surface area (Å²) in [5.41, 5.74) is 3.40. The molecule has 158 valence electrons. The second-order valence-corrected chi connectivity index (χ2v) is 8.96. The highest BCUT2D eigenvalue weighted by atomic mass is 32.1. The van der Waals surface area contributed by atoms with Crippen molar-refractivity contribution in [1.29, 1.82) is 0 Å². The first-order valence-corrected chi connectivity index (χ1v) is 11.2. The van der Waals surface area contributed by atoms with Gasteiger partial charge in [0.15, 0.2) is 0 Å². The quantitative estimate of drug-likeness (QED) is 0.237. The summed E-state index contributed by atoms with van der Waals surface area (Å²) in [6.07, 6.45) is 0. The largest absolute Gasteiger partial charge is 0.507 e. The number of aliphatic hydroxyl groups is 1. The second kappa shape index (κ2) is 7.77. The number of hydrogen-bond donors (Lipinski definition) is 1. The van der Waals surface area contributed by atoms with Crippen molar-refractivity contribution >= 4 is 45.2 Å². The highest BCUT2D eigenvalue weighted by molar-refractivity contribution is 7.10. The molecule has 5 heteroatoms. The summed E-state index contributed by atoms with van der Waals surface area (Å²) in [6.45, 7) is 3.95. The van der Waals surface area contributed by atoms with Crippen molar-refractivity contribution in [2.24, 2.45) is 0 Å². The molecule has 1 aliphatic rings. The maximum absolute atomic E-state index is 13.4. The lowest BCUT2D eigenvalue weighted by atomic mass is 9.97. The third kappa shape index (κ3) is 3.13. The van der Waals surface area contributed by atoms with Crippen LogP contribution in [-0.2, 0) is 9.59 Å². The number of anilines is 1. The molecule has 0 aliphatic carbocycles. The van der Waals surface area contributed by atoms with Crippen LogP contribution >= 0.6 is 11.3 Å². The van der Waals surface area contributed by atoms with Crippen molar-refractivity contribution in [3.8, 4) is 0 Å². The molecular formula is C27H21NO3S. The van der Waals surface area contributed by atoms with E-state index in [-0.39, 0.29) is 11.3 Å². The fourth-order valence-electron chi connectivity index (χ4n) is 4.26. The smallest absolute Gasteiger partial charge is 0.300 e. The Hall–Kier alpha value is -3.70. The van der Waals surface area contributed by atoms with Crippen LogP contribution in [0.15, 0.2) is 83.7 Å². The standard InChI is InChI=1S/C27H21NO3S/c1-16-12-13-19(15-17(16)2)25(29)23-24(22-11-6-14-32-22)28(27(31)26(23)30)21-10-5-8-18-7-3-4-9-20(18)21/h3-15,24,29H,1-2H3/b25-23-. The minimum atomic E-state index is -0.692. The van der Waals surface area contributed by atoms with Gasteiger partial charge in [-0.05, 0) is 53.9 Å². The molecule has 1 aromatic heterocycles. The van der Waals surface area contributed by atoms with Crippen LogP contribution in [0.3, 0.4) is 0 Å². The van der Waals surface area contributed by atoms with Crippen molar-refractivity contribution in [3.05, 3.63) is 105 Å². The summed E-state index contributed by atoms with van der Waals surface area (Å²) in [4.78, 5) is 29.0. The molecule has 0 spiro atoms. The zero-order valence-electron chi connectivity index (χ0n) is 17.7. The van der Waals surface area contributed by atoms with Crippen LogP contribution in [0.1, 0.15) is 27.6 Å². The van der Waals surface area contributed by atoms with Gasteiger partial charge in [0.1, 0.15) is 11.8 Å². The SMILES string of the molecule is Cc1ccc(/C(O)=C2/C(=O)C(=O)N(c3cccc4ccccc34)C2c2cccs2)cc1C. The Bertz CT molecular complexity index is 1400. The van der Waals surface area contributed by atoms with Gasteiger partial charge in [-0.2, -0.15) is 0 Å². The number of nitrogens with zero attached hydrogens (tertiary/aromatic N) is 1. The van der Waals surface area contributed by atoms with E-state index in [0.29, 0.717) is 11.3 Å². The maximum atomic E-state index is 13.4. The Balaban J connectivity index is 1.76. The summed E-state index contributed by atoms with van der Waals surface area (Å²) < 4.78 is 0. The van der Waals surface area contributed by atoms with Gasteiger partial charge in [0.05, 0.1) is 11.3 Å². The first kappa shape index (κ1) is 20.2. The third-order valence-electron chi connectivity index (χ3n) is 6.06. The first-order valence-electron chi connectivity index (χ1n) is 10.4. The molecule has 1 amide bonds. The van der Waals surface area contributed by atoms with Gasteiger partial charge in [-0.1, -0.05) is 54.6 Å². The van der Waals surface area contributed by atoms with Gasteiger partial charge in [-0.15, -0.1) is 11.3 Å². The summed E-state index contributed by atoms with van der Waals surface area (Å²) in [5, 5.41) is 15.0. The van der Waals surface area contributed by atoms with E-state index >= 15 is 0 Å². The number of amides is 1. The molecule has 0 saturated carbocycles. The lowest BCUT2D eigenvalue weighted by Gasteiger charge is -2.25. The van der Waals surface area contributed by atoms with Gasteiger partial charge >= 0.3 is 0 Å².